The van der Waals surface area contributed by atoms with Crippen LogP contribution < -0.4 is 15.4 Å². The normalized spacial score (nSPS) is 15.7. The van der Waals surface area contributed by atoms with Crippen LogP contribution in [0.5, 0.6) is 11.5 Å². The van der Waals surface area contributed by atoms with Gasteiger partial charge in [0.25, 0.3) is 0 Å². The van der Waals surface area contributed by atoms with Gasteiger partial charge >= 0.3 is 6.03 Å². The standard InChI is InChI=1S/C24H24N4O3/c29-23(26-19-9-3-1-4-10-19)18-8-7-15-28(17-18)24(30)27-22-14-13-21(16-25-22)31-20-11-5-2-6-12-20/h1-6,9-14,16,18H,7-8,15,17H2,(H,26,29)(H,25,27,30). The molecule has 1 saturated heterocycles. The van der Waals surface area contributed by atoms with Gasteiger partial charge in [0.15, 0.2) is 0 Å². The van der Waals surface area contributed by atoms with Crippen molar-refractivity contribution in [2.24, 2.45) is 5.92 Å². The van der Waals surface area contributed by atoms with Crippen LogP contribution in [0.1, 0.15) is 12.8 Å². The van der Waals surface area contributed by atoms with E-state index in [9.17, 15) is 9.59 Å². The Morgan fingerprint density at radius 3 is 2.35 bits per heavy atom. The third-order valence-electron chi connectivity index (χ3n) is 5.07. The highest BCUT2D eigenvalue weighted by Crippen LogP contribution is 2.22. The lowest BCUT2D eigenvalue weighted by Crippen LogP contribution is -2.45. The lowest BCUT2D eigenvalue weighted by atomic mass is 9.97. The van der Waals surface area contributed by atoms with E-state index >= 15 is 0 Å². The Morgan fingerprint density at radius 2 is 1.65 bits per heavy atom. The number of para-hydroxylation sites is 2. The highest BCUT2D eigenvalue weighted by Gasteiger charge is 2.28. The van der Waals surface area contributed by atoms with Crippen molar-refractivity contribution >= 4 is 23.4 Å². The van der Waals surface area contributed by atoms with Gasteiger partial charge in [-0.05, 0) is 49.2 Å². The van der Waals surface area contributed by atoms with Crippen LogP contribution in [0, 0.1) is 5.92 Å². The van der Waals surface area contributed by atoms with Crippen molar-refractivity contribution < 1.29 is 14.3 Å². The molecule has 0 saturated carbocycles. The molecule has 0 bridgehead atoms. The number of piperidine rings is 1. The largest absolute Gasteiger partial charge is 0.456 e. The third-order valence-corrected chi connectivity index (χ3v) is 5.07. The second kappa shape index (κ2) is 9.75. The number of pyridine rings is 1. The number of benzene rings is 2. The summed E-state index contributed by atoms with van der Waals surface area (Å²) in [5.41, 5.74) is 0.760. The van der Waals surface area contributed by atoms with E-state index < -0.39 is 0 Å². The zero-order valence-corrected chi connectivity index (χ0v) is 17.0. The van der Waals surface area contributed by atoms with Crippen LogP contribution in [0.4, 0.5) is 16.3 Å². The molecule has 7 heteroatoms. The minimum absolute atomic E-state index is 0.0655. The Bertz CT molecular complexity index is 1010. The van der Waals surface area contributed by atoms with Crippen LogP contribution in [0.2, 0.25) is 0 Å². The molecule has 2 heterocycles. The lowest BCUT2D eigenvalue weighted by molar-refractivity contribution is -0.121. The predicted molar refractivity (Wildman–Crippen MR) is 119 cm³/mol. The van der Waals surface area contributed by atoms with Gasteiger partial charge in [-0.2, -0.15) is 0 Å². The first kappa shape index (κ1) is 20.4. The van der Waals surface area contributed by atoms with E-state index in [-0.39, 0.29) is 17.9 Å². The molecule has 0 radical (unpaired) electrons. The monoisotopic (exact) mass is 416 g/mol. The van der Waals surface area contributed by atoms with Gasteiger partial charge in [-0.1, -0.05) is 36.4 Å². The molecule has 1 aliphatic heterocycles. The van der Waals surface area contributed by atoms with E-state index in [0.29, 0.717) is 30.4 Å². The molecule has 1 aromatic heterocycles. The van der Waals surface area contributed by atoms with Gasteiger partial charge in [0.05, 0.1) is 12.1 Å². The molecule has 1 aliphatic rings. The summed E-state index contributed by atoms with van der Waals surface area (Å²) in [6.45, 7) is 0.982. The van der Waals surface area contributed by atoms with Crippen LogP contribution in [0.25, 0.3) is 0 Å². The van der Waals surface area contributed by atoms with Gasteiger partial charge in [-0.3, -0.25) is 10.1 Å². The van der Waals surface area contributed by atoms with Crippen LogP contribution >= 0.6 is 0 Å². The zero-order chi connectivity index (χ0) is 21.5. The number of hydrogen-bond donors (Lipinski definition) is 2. The fraction of sp³-hybridized carbons (Fsp3) is 0.208. The molecule has 2 N–H and O–H groups in total. The molecule has 0 spiro atoms. The van der Waals surface area contributed by atoms with Crippen molar-refractivity contribution in [3.8, 4) is 11.5 Å². The van der Waals surface area contributed by atoms with Crippen LogP contribution in [0.3, 0.4) is 0 Å². The summed E-state index contributed by atoms with van der Waals surface area (Å²) in [6.07, 6.45) is 3.10. The molecule has 0 aliphatic carbocycles. The van der Waals surface area contributed by atoms with Crippen molar-refractivity contribution in [3.63, 3.8) is 0 Å². The molecule has 4 rings (SSSR count). The lowest BCUT2D eigenvalue weighted by Gasteiger charge is -2.32. The molecule has 1 unspecified atom stereocenters. The second-order valence-electron chi connectivity index (χ2n) is 7.36. The van der Waals surface area contributed by atoms with Crippen LogP contribution in [0.15, 0.2) is 79.0 Å². The van der Waals surface area contributed by atoms with E-state index in [1.54, 1.807) is 23.2 Å². The highest BCUT2D eigenvalue weighted by atomic mass is 16.5. The summed E-state index contributed by atoms with van der Waals surface area (Å²) < 4.78 is 5.71. The number of nitrogens with one attached hydrogen (secondary N) is 2. The first-order valence-electron chi connectivity index (χ1n) is 10.3. The summed E-state index contributed by atoms with van der Waals surface area (Å²) in [7, 11) is 0. The van der Waals surface area contributed by atoms with Crippen molar-refractivity contribution in [2.45, 2.75) is 12.8 Å². The second-order valence-corrected chi connectivity index (χ2v) is 7.36. The number of urea groups is 1. The summed E-state index contributed by atoms with van der Waals surface area (Å²) in [6, 6.07) is 21.9. The molecule has 3 amide bonds. The molecule has 7 nitrogen and oxygen atoms in total. The maximum Gasteiger partial charge on any atom is 0.323 e. The number of amides is 3. The number of carbonyl (C=O) groups is 2. The summed E-state index contributed by atoms with van der Waals surface area (Å²) in [5, 5.41) is 5.72. The average molecular weight is 416 g/mol. The number of ether oxygens (including phenoxy) is 1. The van der Waals surface area contributed by atoms with E-state index in [2.05, 4.69) is 15.6 Å². The Kier molecular flexibility index (Phi) is 6.42. The average Bonchev–Trinajstić information content (AvgIpc) is 2.82. The minimum atomic E-state index is -0.263. The zero-order valence-electron chi connectivity index (χ0n) is 17.0. The SMILES string of the molecule is O=C(Nc1ccccc1)C1CCCN(C(=O)Nc2ccc(Oc3ccccc3)cn2)C1. The molecule has 1 atom stereocenters. The van der Waals surface area contributed by atoms with E-state index in [0.717, 1.165) is 18.5 Å². The number of rotatable bonds is 5. The molecule has 3 aromatic rings. The van der Waals surface area contributed by atoms with Crippen LogP contribution in [-0.2, 0) is 4.79 Å². The number of carbonyl (C=O) groups excluding carboxylic acids is 2. The van der Waals surface area contributed by atoms with Gasteiger partial charge in [-0.15, -0.1) is 0 Å². The molecule has 31 heavy (non-hydrogen) atoms. The quantitative estimate of drug-likeness (QED) is 0.628. The first-order chi connectivity index (χ1) is 15.2. The number of likely N-dealkylation sites (tertiary alicyclic amines) is 1. The number of aromatic nitrogens is 1. The van der Waals surface area contributed by atoms with Crippen LogP contribution in [-0.4, -0.2) is 34.9 Å². The topological polar surface area (TPSA) is 83.6 Å². The summed E-state index contributed by atoms with van der Waals surface area (Å²) >= 11 is 0. The number of hydrogen-bond acceptors (Lipinski definition) is 4. The van der Waals surface area contributed by atoms with E-state index in [1.807, 2.05) is 60.7 Å². The number of nitrogens with zero attached hydrogens (tertiary/aromatic N) is 2. The van der Waals surface area contributed by atoms with Crippen molar-refractivity contribution in [2.75, 3.05) is 23.7 Å². The Morgan fingerprint density at radius 1 is 0.903 bits per heavy atom. The molecular weight excluding hydrogens is 392 g/mol. The molecule has 2 aromatic carbocycles. The van der Waals surface area contributed by atoms with Gasteiger partial charge in [0, 0.05) is 18.8 Å². The maximum absolute atomic E-state index is 12.7. The third kappa shape index (κ3) is 5.60. The fourth-order valence-electron chi connectivity index (χ4n) is 3.47. The van der Waals surface area contributed by atoms with Crippen molar-refractivity contribution in [1.29, 1.82) is 0 Å². The van der Waals surface area contributed by atoms with Crippen molar-refractivity contribution in [3.05, 3.63) is 79.0 Å². The fourth-order valence-corrected chi connectivity index (χ4v) is 3.47. The maximum atomic E-state index is 12.7. The van der Waals surface area contributed by atoms with E-state index in [1.165, 1.54) is 0 Å². The Balaban J connectivity index is 1.31. The minimum Gasteiger partial charge on any atom is -0.456 e. The summed E-state index contributed by atoms with van der Waals surface area (Å²) in [5.74, 6) is 1.42. The van der Waals surface area contributed by atoms with Gasteiger partial charge in [-0.25, -0.2) is 9.78 Å². The highest BCUT2D eigenvalue weighted by molar-refractivity contribution is 5.94. The molecular formula is C24H24N4O3. The van der Waals surface area contributed by atoms with Crippen molar-refractivity contribution in [1.82, 2.24) is 9.88 Å². The predicted octanol–water partition coefficient (Wildman–Crippen LogP) is 4.76. The Hall–Kier alpha value is -3.87. The van der Waals surface area contributed by atoms with E-state index in [4.69, 9.17) is 4.74 Å². The smallest absolute Gasteiger partial charge is 0.323 e. The van der Waals surface area contributed by atoms with Gasteiger partial charge in [0.2, 0.25) is 5.91 Å². The molecule has 1 fully saturated rings. The Labute approximate surface area is 181 Å². The van der Waals surface area contributed by atoms with Gasteiger partial charge < -0.3 is 15.0 Å². The summed E-state index contributed by atoms with van der Waals surface area (Å²) in [4.78, 5) is 31.2. The molecule has 158 valence electrons. The number of anilines is 2. The first-order valence-corrected chi connectivity index (χ1v) is 10.3. The van der Waals surface area contributed by atoms with Gasteiger partial charge in [0.1, 0.15) is 17.3 Å².